The number of hydrogen-bond acceptors (Lipinski definition) is 4. The quantitative estimate of drug-likeness (QED) is 0.801. The Kier molecular flexibility index (Phi) is 4.84. The fourth-order valence-corrected chi connectivity index (χ4v) is 4.21. The molecule has 0 saturated carbocycles. The zero-order valence-electron chi connectivity index (χ0n) is 12.1. The Morgan fingerprint density at radius 1 is 1.43 bits per heavy atom. The molecule has 1 aromatic rings. The van der Waals surface area contributed by atoms with Crippen LogP contribution in [0.3, 0.4) is 0 Å². The highest BCUT2D eigenvalue weighted by Crippen LogP contribution is 2.20. The topological polar surface area (TPSA) is 92.5 Å². The smallest absolute Gasteiger partial charge is 0.218 e. The van der Waals surface area contributed by atoms with Crippen LogP contribution in [0.15, 0.2) is 24.3 Å². The molecule has 6 nitrogen and oxygen atoms in total. The van der Waals surface area contributed by atoms with E-state index in [1.54, 1.807) is 24.3 Å². The summed E-state index contributed by atoms with van der Waals surface area (Å²) in [4.78, 5) is 11.1. The number of carbonyl (C=O) groups excluding carboxylic acids is 1. The van der Waals surface area contributed by atoms with E-state index in [0.717, 1.165) is 12.8 Å². The SMILES string of the molecule is CC(=O)NC1CCCN(S(=O)(=O)Cc2ccccc2N)C1. The van der Waals surface area contributed by atoms with Gasteiger partial charge in [0.25, 0.3) is 0 Å². The van der Waals surface area contributed by atoms with Gasteiger partial charge in [-0.2, -0.15) is 4.31 Å². The van der Waals surface area contributed by atoms with Crippen molar-refractivity contribution in [2.24, 2.45) is 0 Å². The minimum absolute atomic E-state index is 0.105. The van der Waals surface area contributed by atoms with Crippen molar-refractivity contribution in [1.29, 1.82) is 0 Å². The highest BCUT2D eigenvalue weighted by atomic mass is 32.2. The average molecular weight is 311 g/mol. The molecule has 1 aliphatic heterocycles. The molecule has 1 atom stereocenters. The molecule has 0 radical (unpaired) electrons. The number of piperidine rings is 1. The van der Waals surface area contributed by atoms with Gasteiger partial charge in [-0.1, -0.05) is 18.2 Å². The van der Waals surface area contributed by atoms with E-state index in [4.69, 9.17) is 5.73 Å². The highest BCUT2D eigenvalue weighted by Gasteiger charge is 2.29. The lowest BCUT2D eigenvalue weighted by molar-refractivity contribution is -0.119. The number of nitrogens with two attached hydrogens (primary N) is 1. The van der Waals surface area contributed by atoms with Crippen LogP contribution in [-0.4, -0.2) is 37.8 Å². The Bertz CT molecular complexity index is 616. The number of rotatable bonds is 4. The second-order valence-electron chi connectivity index (χ2n) is 5.35. The summed E-state index contributed by atoms with van der Waals surface area (Å²) >= 11 is 0. The summed E-state index contributed by atoms with van der Waals surface area (Å²) in [5.74, 6) is -0.238. The van der Waals surface area contributed by atoms with Crippen LogP contribution in [0.2, 0.25) is 0 Å². The standard InChI is InChI=1S/C14H21N3O3S/c1-11(18)16-13-6-4-8-17(9-13)21(19,20)10-12-5-2-3-7-14(12)15/h2-3,5,7,13H,4,6,8-10,15H2,1H3,(H,16,18). The molecule has 3 N–H and O–H groups in total. The Labute approximate surface area is 125 Å². The van der Waals surface area contributed by atoms with E-state index in [9.17, 15) is 13.2 Å². The van der Waals surface area contributed by atoms with E-state index in [1.807, 2.05) is 0 Å². The first-order chi connectivity index (χ1) is 9.88. The number of nitrogen functional groups attached to an aromatic ring is 1. The fourth-order valence-electron chi connectivity index (χ4n) is 2.55. The van der Waals surface area contributed by atoms with Crippen LogP contribution in [0.5, 0.6) is 0 Å². The molecule has 1 fully saturated rings. The third-order valence-electron chi connectivity index (χ3n) is 3.58. The predicted molar refractivity (Wildman–Crippen MR) is 81.9 cm³/mol. The van der Waals surface area contributed by atoms with Gasteiger partial charge in [-0.3, -0.25) is 4.79 Å². The van der Waals surface area contributed by atoms with E-state index in [0.29, 0.717) is 24.3 Å². The maximum Gasteiger partial charge on any atom is 0.218 e. The molecule has 1 aliphatic rings. The first-order valence-corrected chi connectivity index (χ1v) is 8.58. The normalized spacial score (nSPS) is 20.1. The zero-order valence-corrected chi connectivity index (χ0v) is 12.9. The number of amides is 1. The van der Waals surface area contributed by atoms with E-state index >= 15 is 0 Å². The fraction of sp³-hybridized carbons (Fsp3) is 0.500. The molecule has 2 rings (SSSR count). The summed E-state index contributed by atoms with van der Waals surface area (Å²) in [6.07, 6.45) is 1.55. The van der Waals surface area contributed by atoms with Crippen molar-refractivity contribution in [3.63, 3.8) is 0 Å². The van der Waals surface area contributed by atoms with E-state index in [2.05, 4.69) is 5.32 Å². The van der Waals surface area contributed by atoms with Gasteiger partial charge < -0.3 is 11.1 Å². The minimum atomic E-state index is -3.43. The largest absolute Gasteiger partial charge is 0.398 e. The van der Waals surface area contributed by atoms with Gasteiger partial charge in [0.05, 0.1) is 5.75 Å². The molecule has 21 heavy (non-hydrogen) atoms. The number of nitrogens with one attached hydrogen (secondary N) is 1. The van der Waals surface area contributed by atoms with Crippen molar-refractivity contribution < 1.29 is 13.2 Å². The molecule has 0 bridgehead atoms. The molecular formula is C14H21N3O3S. The van der Waals surface area contributed by atoms with Gasteiger partial charge in [0.15, 0.2) is 0 Å². The first-order valence-electron chi connectivity index (χ1n) is 6.97. The monoisotopic (exact) mass is 311 g/mol. The first kappa shape index (κ1) is 15.8. The minimum Gasteiger partial charge on any atom is -0.398 e. The van der Waals surface area contributed by atoms with Gasteiger partial charge >= 0.3 is 0 Å². The van der Waals surface area contributed by atoms with Crippen LogP contribution in [0.25, 0.3) is 0 Å². The Morgan fingerprint density at radius 2 is 2.14 bits per heavy atom. The van der Waals surface area contributed by atoms with Crippen molar-refractivity contribution in [1.82, 2.24) is 9.62 Å². The average Bonchev–Trinajstić information content (AvgIpc) is 2.41. The zero-order chi connectivity index (χ0) is 15.5. The summed E-state index contributed by atoms with van der Waals surface area (Å²) in [5, 5.41) is 2.79. The Balaban J connectivity index is 2.08. The third kappa shape index (κ3) is 4.18. The number of sulfonamides is 1. The van der Waals surface area contributed by atoms with Crippen LogP contribution >= 0.6 is 0 Å². The second-order valence-corrected chi connectivity index (χ2v) is 7.32. The van der Waals surface area contributed by atoms with Gasteiger partial charge in [-0.05, 0) is 24.5 Å². The highest BCUT2D eigenvalue weighted by molar-refractivity contribution is 7.88. The van der Waals surface area contributed by atoms with Gasteiger partial charge in [-0.25, -0.2) is 8.42 Å². The van der Waals surface area contributed by atoms with Crippen molar-refractivity contribution in [3.8, 4) is 0 Å². The van der Waals surface area contributed by atoms with E-state index < -0.39 is 10.0 Å². The molecule has 1 unspecified atom stereocenters. The van der Waals surface area contributed by atoms with Crippen LogP contribution < -0.4 is 11.1 Å². The second kappa shape index (κ2) is 6.44. The molecule has 1 aromatic carbocycles. The number of hydrogen-bond donors (Lipinski definition) is 2. The summed E-state index contributed by atoms with van der Waals surface area (Å²) in [5.41, 5.74) is 6.90. The molecule has 1 amide bonds. The molecular weight excluding hydrogens is 290 g/mol. The molecule has 7 heteroatoms. The lowest BCUT2D eigenvalue weighted by Gasteiger charge is -2.32. The lowest BCUT2D eigenvalue weighted by atomic mass is 10.1. The summed E-state index contributed by atoms with van der Waals surface area (Å²) in [6, 6.07) is 6.86. The van der Waals surface area contributed by atoms with E-state index in [-0.39, 0.29) is 17.7 Å². The van der Waals surface area contributed by atoms with Crippen LogP contribution in [0.4, 0.5) is 5.69 Å². The molecule has 1 heterocycles. The third-order valence-corrected chi connectivity index (χ3v) is 5.37. The van der Waals surface area contributed by atoms with Gasteiger partial charge in [0.2, 0.25) is 15.9 Å². The number of benzene rings is 1. The van der Waals surface area contributed by atoms with Crippen molar-refractivity contribution in [3.05, 3.63) is 29.8 Å². The maximum absolute atomic E-state index is 12.5. The van der Waals surface area contributed by atoms with Crippen LogP contribution in [-0.2, 0) is 20.6 Å². The van der Waals surface area contributed by atoms with E-state index in [1.165, 1.54) is 11.2 Å². The molecule has 116 valence electrons. The van der Waals surface area contributed by atoms with Crippen molar-refractivity contribution in [2.45, 2.75) is 31.6 Å². The Morgan fingerprint density at radius 3 is 2.81 bits per heavy atom. The Hall–Kier alpha value is -1.60. The summed E-state index contributed by atoms with van der Waals surface area (Å²) in [7, 11) is -3.43. The lowest BCUT2D eigenvalue weighted by Crippen LogP contribution is -2.49. The molecule has 0 aliphatic carbocycles. The number of nitrogens with zero attached hydrogens (tertiary/aromatic N) is 1. The molecule has 1 saturated heterocycles. The van der Waals surface area contributed by atoms with Crippen LogP contribution in [0.1, 0.15) is 25.3 Å². The van der Waals surface area contributed by atoms with Gasteiger partial charge in [0, 0.05) is 31.7 Å². The number of anilines is 1. The number of carbonyl (C=O) groups is 1. The predicted octanol–water partition coefficient (Wildman–Crippen LogP) is 0.699. The number of para-hydroxylation sites is 1. The van der Waals surface area contributed by atoms with Gasteiger partial charge in [-0.15, -0.1) is 0 Å². The molecule has 0 spiro atoms. The summed E-state index contributed by atoms with van der Waals surface area (Å²) < 4.78 is 26.4. The van der Waals surface area contributed by atoms with Gasteiger partial charge in [0.1, 0.15) is 0 Å². The van der Waals surface area contributed by atoms with Crippen LogP contribution in [0, 0.1) is 0 Å². The maximum atomic E-state index is 12.5. The van der Waals surface area contributed by atoms with Crippen molar-refractivity contribution >= 4 is 21.6 Å². The summed E-state index contributed by atoms with van der Waals surface area (Å²) in [6.45, 7) is 2.26. The molecule has 0 aromatic heterocycles. The van der Waals surface area contributed by atoms with Crippen molar-refractivity contribution in [2.75, 3.05) is 18.8 Å².